The van der Waals surface area contributed by atoms with Crippen LogP contribution in [0.25, 0.3) is 0 Å². The van der Waals surface area contributed by atoms with E-state index in [1.54, 1.807) is 11.9 Å². The van der Waals surface area contributed by atoms with Gasteiger partial charge in [-0.2, -0.15) is 0 Å². The number of ether oxygens (including phenoxy) is 2. The summed E-state index contributed by atoms with van der Waals surface area (Å²) in [6, 6.07) is 0. The zero-order valence-electron chi connectivity index (χ0n) is 14.7. The quantitative estimate of drug-likeness (QED) is 0.689. The third-order valence-corrected chi connectivity index (χ3v) is 3.94. The van der Waals surface area contributed by atoms with Crippen molar-refractivity contribution in [3.8, 4) is 0 Å². The molecule has 0 aromatic rings. The lowest BCUT2D eigenvalue weighted by molar-refractivity contribution is 0.0374. The molecule has 0 radical (unpaired) electrons. The number of hydrogen-bond acceptors (Lipinski definition) is 5. The van der Waals surface area contributed by atoms with Crippen LogP contribution in [0.1, 0.15) is 33.6 Å². The van der Waals surface area contributed by atoms with Crippen LogP contribution in [-0.4, -0.2) is 81.0 Å². The first kappa shape index (κ1) is 19.2. The molecule has 0 bridgehead atoms. The lowest BCUT2D eigenvalue weighted by Crippen LogP contribution is -2.43. The van der Waals surface area contributed by atoms with Crippen LogP contribution in [-0.2, 0) is 9.47 Å². The highest BCUT2D eigenvalue weighted by molar-refractivity contribution is 5.68. The van der Waals surface area contributed by atoms with Crippen molar-refractivity contribution < 1.29 is 14.3 Å². The zero-order chi connectivity index (χ0) is 16.4. The highest BCUT2D eigenvalue weighted by Gasteiger charge is 2.23. The summed E-state index contributed by atoms with van der Waals surface area (Å²) in [5.74, 6) is 0. The minimum absolute atomic E-state index is 0.200. The Morgan fingerprint density at radius 3 is 2.50 bits per heavy atom. The van der Waals surface area contributed by atoms with Crippen LogP contribution < -0.4 is 5.32 Å². The molecule has 6 nitrogen and oxygen atoms in total. The maximum absolute atomic E-state index is 11.8. The molecule has 1 saturated heterocycles. The molecule has 130 valence electrons. The molecule has 6 heteroatoms. The lowest BCUT2D eigenvalue weighted by Gasteiger charge is -2.30. The normalized spacial score (nSPS) is 16.5. The molecule has 0 aromatic carbocycles. The molecule has 1 N–H and O–H groups in total. The number of carbonyl (C=O) groups is 1. The first-order valence-electron chi connectivity index (χ1n) is 8.32. The molecular weight excluding hydrogens is 282 g/mol. The van der Waals surface area contributed by atoms with E-state index in [2.05, 4.69) is 10.2 Å². The maximum atomic E-state index is 11.8. The molecule has 1 heterocycles. The fourth-order valence-corrected chi connectivity index (χ4v) is 2.10. The van der Waals surface area contributed by atoms with Gasteiger partial charge in [-0.3, -0.25) is 4.90 Å². The van der Waals surface area contributed by atoms with E-state index >= 15 is 0 Å². The molecule has 0 aliphatic carbocycles. The molecule has 1 amide bonds. The Kier molecular flexibility index (Phi) is 8.75. The van der Waals surface area contributed by atoms with Crippen LogP contribution in [0.2, 0.25) is 0 Å². The van der Waals surface area contributed by atoms with Gasteiger partial charge in [-0.05, 0) is 53.2 Å². The van der Waals surface area contributed by atoms with E-state index in [1.807, 2.05) is 20.8 Å². The third-order valence-electron chi connectivity index (χ3n) is 3.94. The molecule has 0 spiro atoms. The monoisotopic (exact) mass is 315 g/mol. The Hall–Kier alpha value is -0.850. The van der Waals surface area contributed by atoms with E-state index < -0.39 is 0 Å². The predicted molar refractivity (Wildman–Crippen MR) is 88.2 cm³/mol. The Morgan fingerprint density at radius 2 is 1.86 bits per heavy atom. The van der Waals surface area contributed by atoms with Crippen molar-refractivity contribution in [2.45, 2.75) is 39.2 Å². The number of amides is 1. The average molecular weight is 315 g/mol. The molecule has 1 rings (SSSR count). The number of nitrogens with zero attached hydrogens (tertiary/aromatic N) is 2. The van der Waals surface area contributed by atoms with Gasteiger partial charge < -0.3 is 19.7 Å². The molecule has 1 fully saturated rings. The second-order valence-electron chi connectivity index (χ2n) is 6.76. The average Bonchev–Trinajstić information content (AvgIpc) is 2.49. The van der Waals surface area contributed by atoms with Crippen LogP contribution >= 0.6 is 0 Å². The van der Waals surface area contributed by atoms with E-state index in [0.717, 1.165) is 58.8 Å². The van der Waals surface area contributed by atoms with Crippen LogP contribution in [0.4, 0.5) is 4.79 Å². The Labute approximate surface area is 135 Å². The summed E-state index contributed by atoms with van der Waals surface area (Å²) in [5.41, 5.74) is -0.200. The van der Waals surface area contributed by atoms with Gasteiger partial charge in [-0.15, -0.1) is 0 Å². The molecule has 0 atom stereocenters. The van der Waals surface area contributed by atoms with Crippen molar-refractivity contribution in [3.05, 3.63) is 0 Å². The summed E-state index contributed by atoms with van der Waals surface area (Å²) in [7, 11) is 1.77. The van der Waals surface area contributed by atoms with Crippen molar-refractivity contribution in [1.82, 2.24) is 15.1 Å². The summed E-state index contributed by atoms with van der Waals surface area (Å²) in [6.45, 7) is 13.3. The second kappa shape index (κ2) is 10.0. The summed E-state index contributed by atoms with van der Waals surface area (Å²) < 4.78 is 10.6. The standard InChI is InChI=1S/C16H33N3O3/c1-16(2,3)18(4)15(20)22-12-6-8-17-7-5-9-19-10-13-21-14-11-19/h17H,5-14H2,1-4H3. The Bertz CT molecular complexity index is 312. The predicted octanol–water partition coefficient (Wildman–Crippen LogP) is 1.56. The first-order valence-corrected chi connectivity index (χ1v) is 8.32. The number of rotatable bonds is 8. The molecule has 22 heavy (non-hydrogen) atoms. The van der Waals surface area contributed by atoms with Crippen molar-refractivity contribution in [3.63, 3.8) is 0 Å². The zero-order valence-corrected chi connectivity index (χ0v) is 14.7. The van der Waals surface area contributed by atoms with Gasteiger partial charge in [0.15, 0.2) is 0 Å². The minimum atomic E-state index is -0.250. The van der Waals surface area contributed by atoms with E-state index in [-0.39, 0.29) is 11.6 Å². The smallest absolute Gasteiger partial charge is 0.409 e. The molecule has 1 aliphatic heterocycles. The van der Waals surface area contributed by atoms with Crippen LogP contribution in [0, 0.1) is 0 Å². The van der Waals surface area contributed by atoms with E-state index in [9.17, 15) is 4.79 Å². The van der Waals surface area contributed by atoms with Gasteiger partial charge in [0.2, 0.25) is 0 Å². The van der Waals surface area contributed by atoms with Crippen molar-refractivity contribution in [2.75, 3.05) is 59.6 Å². The Morgan fingerprint density at radius 1 is 1.23 bits per heavy atom. The number of nitrogens with one attached hydrogen (secondary N) is 1. The van der Waals surface area contributed by atoms with Crippen molar-refractivity contribution >= 4 is 6.09 Å². The summed E-state index contributed by atoms with van der Waals surface area (Å²) in [5, 5.41) is 3.40. The number of morpholine rings is 1. The van der Waals surface area contributed by atoms with Gasteiger partial charge in [0, 0.05) is 25.7 Å². The van der Waals surface area contributed by atoms with Gasteiger partial charge in [-0.1, -0.05) is 0 Å². The van der Waals surface area contributed by atoms with Crippen LogP contribution in [0.3, 0.4) is 0 Å². The summed E-state index contributed by atoms with van der Waals surface area (Å²) >= 11 is 0. The fourth-order valence-electron chi connectivity index (χ4n) is 2.10. The van der Waals surface area contributed by atoms with Gasteiger partial charge >= 0.3 is 6.09 Å². The van der Waals surface area contributed by atoms with Crippen molar-refractivity contribution in [1.29, 1.82) is 0 Å². The van der Waals surface area contributed by atoms with E-state index in [0.29, 0.717) is 6.61 Å². The van der Waals surface area contributed by atoms with E-state index in [4.69, 9.17) is 9.47 Å². The Balaban J connectivity index is 1.92. The third kappa shape index (κ3) is 7.96. The maximum Gasteiger partial charge on any atom is 0.409 e. The van der Waals surface area contributed by atoms with Gasteiger partial charge in [0.05, 0.1) is 19.8 Å². The van der Waals surface area contributed by atoms with Gasteiger partial charge in [0.1, 0.15) is 0 Å². The second-order valence-corrected chi connectivity index (χ2v) is 6.76. The van der Waals surface area contributed by atoms with Gasteiger partial charge in [-0.25, -0.2) is 4.79 Å². The molecule has 1 aliphatic rings. The first-order chi connectivity index (χ1) is 10.4. The number of carbonyl (C=O) groups excluding carboxylic acids is 1. The van der Waals surface area contributed by atoms with Crippen LogP contribution in [0.15, 0.2) is 0 Å². The molecule has 0 unspecified atom stereocenters. The molecular formula is C16H33N3O3. The molecule has 0 aromatic heterocycles. The lowest BCUT2D eigenvalue weighted by atomic mass is 10.1. The largest absolute Gasteiger partial charge is 0.449 e. The highest BCUT2D eigenvalue weighted by Crippen LogP contribution is 2.11. The fraction of sp³-hybridized carbons (Fsp3) is 0.938. The summed E-state index contributed by atoms with van der Waals surface area (Å²) in [6.07, 6.45) is 1.74. The number of hydrogen-bond donors (Lipinski definition) is 1. The minimum Gasteiger partial charge on any atom is -0.449 e. The molecule has 0 saturated carbocycles. The van der Waals surface area contributed by atoms with Crippen molar-refractivity contribution in [2.24, 2.45) is 0 Å². The van der Waals surface area contributed by atoms with Gasteiger partial charge in [0.25, 0.3) is 0 Å². The van der Waals surface area contributed by atoms with E-state index in [1.165, 1.54) is 0 Å². The SMILES string of the molecule is CN(C(=O)OCCCNCCCN1CCOCC1)C(C)(C)C. The highest BCUT2D eigenvalue weighted by atomic mass is 16.6. The summed E-state index contributed by atoms with van der Waals surface area (Å²) in [4.78, 5) is 15.8. The van der Waals surface area contributed by atoms with Crippen LogP contribution in [0.5, 0.6) is 0 Å². The topological polar surface area (TPSA) is 54.0 Å².